The van der Waals surface area contributed by atoms with Crippen LogP contribution in [0.4, 0.5) is 13.6 Å². The van der Waals surface area contributed by atoms with Crippen molar-refractivity contribution in [1.29, 1.82) is 0 Å². The highest BCUT2D eigenvalue weighted by Gasteiger charge is 2.44. The number of hydrogen-bond donors (Lipinski definition) is 0. The molecule has 3 aromatic rings. The maximum absolute atomic E-state index is 14.8. The summed E-state index contributed by atoms with van der Waals surface area (Å²) in [4.78, 5) is 36.2. The van der Waals surface area contributed by atoms with E-state index in [1.807, 2.05) is 13.8 Å². The van der Waals surface area contributed by atoms with Crippen LogP contribution in [0.2, 0.25) is 0 Å². The Morgan fingerprint density at radius 2 is 1.73 bits per heavy atom. The molecule has 0 atom stereocenters. The first-order valence-corrected chi connectivity index (χ1v) is 9.97. The van der Waals surface area contributed by atoms with E-state index in [0.717, 1.165) is 6.07 Å². The zero-order valence-electron chi connectivity index (χ0n) is 15.6. The number of carbonyl (C=O) groups excluding carboxylic acids is 3. The molecule has 0 amide bonds. The van der Waals surface area contributed by atoms with E-state index in [-0.39, 0.29) is 27.6 Å². The summed E-state index contributed by atoms with van der Waals surface area (Å²) >= 11 is 1.43. The molecule has 0 spiro atoms. The second-order valence-electron chi connectivity index (χ2n) is 7.66. The van der Waals surface area contributed by atoms with Crippen LogP contribution in [-0.2, 0) is 10.2 Å². The van der Waals surface area contributed by atoms with Crippen molar-refractivity contribution in [3.8, 4) is 16.9 Å². The van der Waals surface area contributed by atoms with Gasteiger partial charge in [0.25, 0.3) is 0 Å². The van der Waals surface area contributed by atoms with Crippen LogP contribution in [0.5, 0.6) is 5.75 Å². The standard InChI is InChI=1S/C22H11F2IO5/c1-22(2)11-4-3-9-17(20(27)30-19(9)26)18(11)15-10-5-8(23)6-13(24)16(10)14(7-12(15)22)29-21(25)28/h3-7H,1-2H3. The summed E-state index contributed by atoms with van der Waals surface area (Å²) in [5.41, 5.74) is 1.62. The Labute approximate surface area is 182 Å². The molecule has 3 aromatic carbocycles. The van der Waals surface area contributed by atoms with Gasteiger partial charge in [-0.3, -0.25) is 0 Å². The van der Waals surface area contributed by atoms with E-state index in [2.05, 4.69) is 0 Å². The molecule has 2 aliphatic rings. The minimum atomic E-state index is -0.905. The van der Waals surface area contributed by atoms with Crippen molar-refractivity contribution >= 4 is 49.3 Å². The number of fused-ring (bicyclic) bond motifs is 7. The van der Waals surface area contributed by atoms with Crippen molar-refractivity contribution in [3.63, 3.8) is 0 Å². The number of hydrogen-bond acceptors (Lipinski definition) is 5. The average Bonchev–Trinajstić information content (AvgIpc) is 3.05. The summed E-state index contributed by atoms with van der Waals surface area (Å²) in [7, 11) is 0. The normalized spacial score (nSPS) is 15.6. The van der Waals surface area contributed by atoms with Gasteiger partial charge in [-0.25, -0.2) is 23.2 Å². The predicted molar refractivity (Wildman–Crippen MR) is 111 cm³/mol. The average molecular weight is 520 g/mol. The minimum Gasteiger partial charge on any atom is -0.418 e. The summed E-state index contributed by atoms with van der Waals surface area (Å²) in [5, 5.41) is 0.0594. The van der Waals surface area contributed by atoms with Gasteiger partial charge >= 0.3 is 15.9 Å². The lowest BCUT2D eigenvalue weighted by molar-refractivity contribution is 0.0444. The maximum atomic E-state index is 14.8. The number of ether oxygens (including phenoxy) is 2. The van der Waals surface area contributed by atoms with Gasteiger partial charge in [0.2, 0.25) is 0 Å². The molecule has 0 saturated heterocycles. The lowest BCUT2D eigenvalue weighted by Crippen LogP contribution is -2.15. The van der Waals surface area contributed by atoms with Gasteiger partial charge in [0.05, 0.1) is 39.1 Å². The molecule has 1 aliphatic heterocycles. The monoisotopic (exact) mass is 520 g/mol. The van der Waals surface area contributed by atoms with E-state index in [9.17, 15) is 23.2 Å². The molecule has 8 heteroatoms. The van der Waals surface area contributed by atoms with Gasteiger partial charge in [0.15, 0.2) is 0 Å². The van der Waals surface area contributed by atoms with Crippen molar-refractivity contribution in [2.45, 2.75) is 19.3 Å². The molecule has 150 valence electrons. The van der Waals surface area contributed by atoms with Crippen molar-refractivity contribution in [2.24, 2.45) is 0 Å². The number of cyclic esters (lactones) is 2. The Bertz CT molecular complexity index is 1360. The first-order chi connectivity index (χ1) is 14.1. The van der Waals surface area contributed by atoms with Crippen LogP contribution in [0.3, 0.4) is 0 Å². The van der Waals surface area contributed by atoms with Crippen LogP contribution in [-0.4, -0.2) is 15.9 Å². The second-order valence-corrected chi connectivity index (χ2v) is 8.54. The van der Waals surface area contributed by atoms with E-state index in [1.54, 1.807) is 6.07 Å². The Hall–Kier alpha value is -2.88. The molecule has 5 nitrogen and oxygen atoms in total. The van der Waals surface area contributed by atoms with Gasteiger partial charge < -0.3 is 9.47 Å². The van der Waals surface area contributed by atoms with E-state index < -0.39 is 33.0 Å². The van der Waals surface area contributed by atoms with Crippen molar-refractivity contribution in [3.05, 3.63) is 64.2 Å². The number of rotatable bonds is 1. The van der Waals surface area contributed by atoms with Crippen LogP contribution in [0.25, 0.3) is 21.9 Å². The van der Waals surface area contributed by atoms with Gasteiger partial charge in [-0.2, -0.15) is 0 Å². The molecule has 0 unspecified atom stereocenters. The highest BCUT2D eigenvalue weighted by atomic mass is 127. The van der Waals surface area contributed by atoms with Crippen LogP contribution in [0.1, 0.15) is 45.7 Å². The molecule has 0 fully saturated rings. The zero-order valence-corrected chi connectivity index (χ0v) is 17.7. The topological polar surface area (TPSA) is 69.7 Å². The van der Waals surface area contributed by atoms with Gasteiger partial charge in [-0.15, -0.1) is 0 Å². The first-order valence-electron chi connectivity index (χ1n) is 8.89. The van der Waals surface area contributed by atoms with Crippen molar-refractivity contribution in [1.82, 2.24) is 0 Å². The van der Waals surface area contributed by atoms with Crippen LogP contribution >= 0.6 is 22.6 Å². The van der Waals surface area contributed by atoms with Crippen molar-refractivity contribution < 1.29 is 32.6 Å². The smallest absolute Gasteiger partial charge is 0.372 e. The molecular weight excluding hydrogens is 509 g/mol. The Morgan fingerprint density at radius 1 is 1.00 bits per heavy atom. The lowest BCUT2D eigenvalue weighted by Gasteiger charge is -2.22. The predicted octanol–water partition coefficient (Wildman–Crippen LogP) is 5.67. The highest BCUT2D eigenvalue weighted by Crippen LogP contribution is 2.55. The fraction of sp³-hybridized carbons (Fsp3) is 0.136. The van der Waals surface area contributed by atoms with Gasteiger partial charge in [-0.1, -0.05) is 19.9 Å². The lowest BCUT2D eigenvalue weighted by atomic mass is 9.81. The molecule has 1 aliphatic carbocycles. The Balaban J connectivity index is 2.00. The Kier molecular flexibility index (Phi) is 3.86. The number of esters is 2. The third-order valence-corrected chi connectivity index (χ3v) is 5.94. The molecular formula is C22H11F2IO5. The first kappa shape index (κ1) is 19.1. The number of benzene rings is 3. The summed E-state index contributed by atoms with van der Waals surface area (Å²) in [6.45, 7) is 3.76. The number of halogens is 3. The van der Waals surface area contributed by atoms with Gasteiger partial charge in [-0.05, 0) is 40.3 Å². The third-order valence-electron chi connectivity index (χ3n) is 5.72. The fourth-order valence-corrected chi connectivity index (χ4v) is 4.71. The largest absolute Gasteiger partial charge is 0.418 e. The molecule has 30 heavy (non-hydrogen) atoms. The molecule has 5 rings (SSSR count). The quantitative estimate of drug-likeness (QED) is 0.179. The fourth-order valence-electron chi connectivity index (χ4n) is 4.47. The summed E-state index contributed by atoms with van der Waals surface area (Å²) in [6.07, 6.45) is 0. The Morgan fingerprint density at radius 3 is 2.43 bits per heavy atom. The molecule has 0 aromatic heterocycles. The molecule has 1 heterocycles. The number of carbonyl (C=O) groups is 3. The highest BCUT2D eigenvalue weighted by molar-refractivity contribution is 14.1. The third kappa shape index (κ3) is 2.39. The van der Waals surface area contributed by atoms with Crippen LogP contribution in [0.15, 0.2) is 30.3 Å². The SMILES string of the molecule is CC1(C)c2ccc3c(c2-c2c1cc(OC(=O)I)c1c(F)cc(F)cc21)C(=O)OC3=O. The van der Waals surface area contributed by atoms with E-state index in [1.165, 1.54) is 34.7 Å². The van der Waals surface area contributed by atoms with Crippen LogP contribution < -0.4 is 4.74 Å². The second kappa shape index (κ2) is 6.07. The van der Waals surface area contributed by atoms with E-state index in [0.29, 0.717) is 28.3 Å². The molecule has 0 bridgehead atoms. The summed E-state index contributed by atoms with van der Waals surface area (Å²) < 4.78 is 38.4. The van der Waals surface area contributed by atoms with Crippen molar-refractivity contribution in [2.75, 3.05) is 0 Å². The molecule has 0 N–H and O–H groups in total. The summed E-state index contributed by atoms with van der Waals surface area (Å²) in [6, 6.07) is 6.59. The van der Waals surface area contributed by atoms with E-state index >= 15 is 0 Å². The van der Waals surface area contributed by atoms with Gasteiger partial charge in [0.1, 0.15) is 17.4 Å². The maximum Gasteiger partial charge on any atom is 0.372 e. The molecule has 0 saturated carbocycles. The van der Waals surface area contributed by atoms with Gasteiger partial charge in [0, 0.05) is 17.0 Å². The van der Waals surface area contributed by atoms with E-state index in [4.69, 9.17) is 9.47 Å². The summed E-state index contributed by atoms with van der Waals surface area (Å²) in [5.74, 6) is -3.34. The molecule has 0 radical (unpaired) electrons. The minimum absolute atomic E-state index is 0.0446. The van der Waals surface area contributed by atoms with Crippen LogP contribution in [0, 0.1) is 11.6 Å². The zero-order chi connectivity index (χ0) is 21.5.